The standard InChI is InChI=1S/C11H15FN2O2/c1-7(2)13-11(15)14-8-4-5-10(16-3)9(12)6-8/h4-7H,1-3H3,(H2,13,14,15). The maximum atomic E-state index is 13.3. The molecule has 0 aromatic heterocycles. The summed E-state index contributed by atoms with van der Waals surface area (Å²) >= 11 is 0. The van der Waals surface area contributed by atoms with E-state index in [1.165, 1.54) is 19.2 Å². The van der Waals surface area contributed by atoms with E-state index in [0.717, 1.165) is 0 Å². The van der Waals surface area contributed by atoms with Gasteiger partial charge in [0, 0.05) is 17.8 Å². The van der Waals surface area contributed by atoms with E-state index in [9.17, 15) is 9.18 Å². The number of methoxy groups -OCH3 is 1. The summed E-state index contributed by atoms with van der Waals surface area (Å²) in [6, 6.07) is 3.91. The van der Waals surface area contributed by atoms with Crippen LogP contribution in [0.3, 0.4) is 0 Å². The Morgan fingerprint density at radius 2 is 2.12 bits per heavy atom. The van der Waals surface area contributed by atoms with Gasteiger partial charge in [-0.25, -0.2) is 9.18 Å². The van der Waals surface area contributed by atoms with Crippen molar-refractivity contribution in [1.82, 2.24) is 5.32 Å². The van der Waals surface area contributed by atoms with Crippen LogP contribution in [0.5, 0.6) is 5.75 Å². The lowest BCUT2D eigenvalue weighted by molar-refractivity contribution is 0.250. The molecule has 0 radical (unpaired) electrons. The summed E-state index contributed by atoms with van der Waals surface area (Å²) in [5.41, 5.74) is 0.386. The third kappa shape index (κ3) is 3.42. The second kappa shape index (κ2) is 5.34. The number of halogens is 1. The van der Waals surface area contributed by atoms with Gasteiger partial charge in [-0.15, -0.1) is 0 Å². The molecule has 1 aromatic carbocycles. The predicted octanol–water partition coefficient (Wildman–Crippen LogP) is 2.36. The van der Waals surface area contributed by atoms with Crippen molar-refractivity contribution >= 4 is 11.7 Å². The van der Waals surface area contributed by atoms with E-state index in [-0.39, 0.29) is 17.8 Å². The van der Waals surface area contributed by atoms with Crippen molar-refractivity contribution in [3.05, 3.63) is 24.0 Å². The zero-order valence-corrected chi connectivity index (χ0v) is 9.50. The molecule has 0 fully saturated rings. The molecule has 0 heterocycles. The van der Waals surface area contributed by atoms with Gasteiger partial charge in [-0.05, 0) is 26.0 Å². The van der Waals surface area contributed by atoms with Crippen LogP contribution in [-0.2, 0) is 0 Å². The smallest absolute Gasteiger partial charge is 0.319 e. The maximum Gasteiger partial charge on any atom is 0.319 e. The average molecular weight is 226 g/mol. The highest BCUT2D eigenvalue weighted by Gasteiger charge is 2.06. The molecule has 2 amide bonds. The van der Waals surface area contributed by atoms with Crippen LogP contribution in [-0.4, -0.2) is 19.2 Å². The second-order valence-corrected chi connectivity index (χ2v) is 3.60. The molecule has 4 nitrogen and oxygen atoms in total. The van der Waals surface area contributed by atoms with Gasteiger partial charge in [0.05, 0.1) is 7.11 Å². The third-order valence-corrected chi connectivity index (χ3v) is 1.83. The third-order valence-electron chi connectivity index (χ3n) is 1.83. The van der Waals surface area contributed by atoms with Gasteiger partial charge in [-0.2, -0.15) is 0 Å². The van der Waals surface area contributed by atoms with E-state index < -0.39 is 5.82 Å². The Kier molecular flexibility index (Phi) is 4.10. The van der Waals surface area contributed by atoms with Crippen LogP contribution < -0.4 is 15.4 Å². The Hall–Kier alpha value is -1.78. The number of nitrogens with one attached hydrogen (secondary N) is 2. The molecule has 0 unspecified atom stereocenters. The molecule has 5 heteroatoms. The van der Waals surface area contributed by atoms with Crippen LogP contribution in [0.1, 0.15) is 13.8 Å². The topological polar surface area (TPSA) is 50.4 Å². The van der Waals surface area contributed by atoms with E-state index in [2.05, 4.69) is 10.6 Å². The highest BCUT2D eigenvalue weighted by Crippen LogP contribution is 2.20. The van der Waals surface area contributed by atoms with Gasteiger partial charge in [0.2, 0.25) is 0 Å². The van der Waals surface area contributed by atoms with Crippen LogP contribution in [0, 0.1) is 5.82 Å². The minimum atomic E-state index is -0.509. The predicted molar refractivity (Wildman–Crippen MR) is 60.2 cm³/mol. The number of benzene rings is 1. The summed E-state index contributed by atoms with van der Waals surface area (Å²) < 4.78 is 18.0. The Morgan fingerprint density at radius 3 is 2.62 bits per heavy atom. The van der Waals surface area contributed by atoms with Crippen LogP contribution >= 0.6 is 0 Å². The Bertz CT molecular complexity index is 380. The number of ether oxygens (including phenoxy) is 1. The van der Waals surface area contributed by atoms with Crippen molar-refractivity contribution in [1.29, 1.82) is 0 Å². The molecule has 0 aliphatic rings. The Labute approximate surface area is 93.8 Å². The fraction of sp³-hybridized carbons (Fsp3) is 0.364. The first-order valence-electron chi connectivity index (χ1n) is 4.94. The molecule has 1 rings (SSSR count). The van der Waals surface area contributed by atoms with Crippen LogP contribution in [0.15, 0.2) is 18.2 Å². The van der Waals surface area contributed by atoms with Crippen molar-refractivity contribution in [3.63, 3.8) is 0 Å². The summed E-state index contributed by atoms with van der Waals surface area (Å²) in [6.07, 6.45) is 0. The largest absolute Gasteiger partial charge is 0.494 e. The van der Waals surface area contributed by atoms with Crippen molar-refractivity contribution in [2.24, 2.45) is 0 Å². The second-order valence-electron chi connectivity index (χ2n) is 3.60. The minimum Gasteiger partial charge on any atom is -0.494 e. The van der Waals surface area contributed by atoms with E-state index in [0.29, 0.717) is 5.69 Å². The zero-order valence-electron chi connectivity index (χ0n) is 9.50. The van der Waals surface area contributed by atoms with Crippen molar-refractivity contribution in [3.8, 4) is 5.75 Å². The normalized spacial score (nSPS) is 10.1. The number of amides is 2. The first-order chi connectivity index (χ1) is 7.52. The Morgan fingerprint density at radius 1 is 1.44 bits per heavy atom. The fourth-order valence-corrected chi connectivity index (χ4v) is 1.17. The first kappa shape index (κ1) is 12.3. The summed E-state index contributed by atoms with van der Waals surface area (Å²) in [4.78, 5) is 11.3. The van der Waals surface area contributed by atoms with Crippen molar-refractivity contribution < 1.29 is 13.9 Å². The molecule has 0 saturated carbocycles. The molecule has 0 aliphatic heterocycles. The fourth-order valence-electron chi connectivity index (χ4n) is 1.17. The quantitative estimate of drug-likeness (QED) is 0.831. The molecule has 0 aliphatic carbocycles. The van der Waals surface area contributed by atoms with Crippen molar-refractivity contribution in [2.45, 2.75) is 19.9 Å². The lowest BCUT2D eigenvalue weighted by Gasteiger charge is -2.10. The number of anilines is 1. The van der Waals surface area contributed by atoms with Crippen LogP contribution in [0.4, 0.5) is 14.9 Å². The number of hydrogen-bond donors (Lipinski definition) is 2. The lowest BCUT2D eigenvalue weighted by Crippen LogP contribution is -2.34. The molecule has 2 N–H and O–H groups in total. The van der Waals surface area contributed by atoms with E-state index >= 15 is 0 Å². The van der Waals surface area contributed by atoms with Gasteiger partial charge >= 0.3 is 6.03 Å². The van der Waals surface area contributed by atoms with Crippen LogP contribution in [0.2, 0.25) is 0 Å². The molecular weight excluding hydrogens is 211 g/mol. The highest BCUT2D eigenvalue weighted by molar-refractivity contribution is 5.89. The van der Waals surface area contributed by atoms with Crippen LogP contribution in [0.25, 0.3) is 0 Å². The van der Waals surface area contributed by atoms with Gasteiger partial charge in [0.25, 0.3) is 0 Å². The summed E-state index contributed by atoms with van der Waals surface area (Å²) in [5, 5.41) is 5.16. The van der Waals surface area contributed by atoms with Gasteiger partial charge in [0.15, 0.2) is 11.6 Å². The van der Waals surface area contributed by atoms with Gasteiger partial charge in [-0.3, -0.25) is 0 Å². The molecule has 88 valence electrons. The summed E-state index contributed by atoms with van der Waals surface area (Å²) in [7, 11) is 1.39. The van der Waals surface area contributed by atoms with Gasteiger partial charge in [0.1, 0.15) is 0 Å². The molecule has 1 aromatic rings. The number of carbonyl (C=O) groups excluding carboxylic acids is 1. The number of urea groups is 1. The molecule has 0 saturated heterocycles. The maximum absolute atomic E-state index is 13.3. The lowest BCUT2D eigenvalue weighted by atomic mass is 10.3. The minimum absolute atomic E-state index is 0.0306. The highest BCUT2D eigenvalue weighted by atomic mass is 19.1. The number of carbonyl (C=O) groups is 1. The number of hydrogen-bond acceptors (Lipinski definition) is 2. The van der Waals surface area contributed by atoms with Gasteiger partial charge < -0.3 is 15.4 Å². The molecule has 16 heavy (non-hydrogen) atoms. The van der Waals surface area contributed by atoms with Gasteiger partial charge in [-0.1, -0.05) is 0 Å². The van der Waals surface area contributed by atoms with E-state index in [1.807, 2.05) is 13.8 Å². The molecule has 0 bridgehead atoms. The summed E-state index contributed by atoms with van der Waals surface area (Å²) in [5.74, 6) is -0.361. The average Bonchev–Trinajstić information content (AvgIpc) is 2.16. The van der Waals surface area contributed by atoms with Crippen molar-refractivity contribution in [2.75, 3.05) is 12.4 Å². The molecule has 0 atom stereocenters. The number of rotatable bonds is 3. The molecule has 0 spiro atoms. The first-order valence-corrected chi connectivity index (χ1v) is 4.94. The molecular formula is C11H15FN2O2. The van der Waals surface area contributed by atoms with E-state index in [1.54, 1.807) is 6.07 Å². The Balaban J connectivity index is 2.68. The van der Waals surface area contributed by atoms with E-state index in [4.69, 9.17) is 4.74 Å². The zero-order chi connectivity index (χ0) is 12.1. The monoisotopic (exact) mass is 226 g/mol. The summed E-state index contributed by atoms with van der Waals surface area (Å²) in [6.45, 7) is 3.68. The SMILES string of the molecule is COc1ccc(NC(=O)NC(C)C)cc1F.